The second kappa shape index (κ2) is 5.63. The quantitative estimate of drug-likeness (QED) is 0.693. The van der Waals surface area contributed by atoms with Crippen molar-refractivity contribution in [1.29, 1.82) is 0 Å². The van der Waals surface area contributed by atoms with Gasteiger partial charge in [-0.1, -0.05) is 26.1 Å². The number of thiocarbonyl (C=S) groups is 1. The Labute approximate surface area is 91.5 Å². The van der Waals surface area contributed by atoms with Crippen molar-refractivity contribution >= 4 is 27.2 Å². The summed E-state index contributed by atoms with van der Waals surface area (Å²) in [5, 5.41) is 0. The van der Waals surface area contributed by atoms with Gasteiger partial charge in [0, 0.05) is 13.1 Å². The molecule has 0 saturated heterocycles. The number of hydrogen-bond donors (Lipinski definition) is 1. The van der Waals surface area contributed by atoms with Crippen LogP contribution in [-0.2, 0) is 10.0 Å². The number of nitrogens with two attached hydrogens (primary N) is 1. The van der Waals surface area contributed by atoms with E-state index in [2.05, 4.69) is 12.2 Å². The van der Waals surface area contributed by atoms with Gasteiger partial charge in [0.25, 0.3) is 0 Å². The van der Waals surface area contributed by atoms with E-state index in [1.54, 1.807) is 7.05 Å². The third kappa shape index (κ3) is 3.89. The van der Waals surface area contributed by atoms with Gasteiger partial charge < -0.3 is 5.73 Å². The average Bonchev–Trinajstić information content (AvgIpc) is 2.04. The molecule has 0 aromatic rings. The molecule has 0 aliphatic heterocycles. The van der Waals surface area contributed by atoms with Crippen LogP contribution in [0.15, 0.2) is 0 Å². The van der Waals surface area contributed by atoms with Crippen LogP contribution in [0.2, 0.25) is 0 Å². The summed E-state index contributed by atoms with van der Waals surface area (Å²) in [6.07, 6.45) is 1.59. The fourth-order valence-corrected chi connectivity index (χ4v) is 3.07. The zero-order valence-corrected chi connectivity index (χ0v) is 10.5. The Bertz CT molecular complexity index is 284. The second-order valence-electron chi connectivity index (χ2n) is 3.21. The summed E-state index contributed by atoms with van der Waals surface area (Å²) in [4.78, 5) is 0.0165. The maximum atomic E-state index is 11.7. The normalized spacial score (nSPS) is 12.4. The highest BCUT2D eigenvalue weighted by molar-refractivity contribution is 7.92. The first kappa shape index (κ1) is 13.8. The topological polar surface area (TPSA) is 63.4 Å². The molecule has 14 heavy (non-hydrogen) atoms. The molecule has 0 spiro atoms. The van der Waals surface area contributed by atoms with Crippen LogP contribution in [0.4, 0.5) is 0 Å². The Balaban J connectivity index is 4.65. The van der Waals surface area contributed by atoms with Crippen molar-refractivity contribution < 1.29 is 8.42 Å². The number of nitrogens with zero attached hydrogens (tertiary/aromatic N) is 1. The SMILES string of the molecule is CCC(CC)N(C)S(=O)(=O)CC(N)=S. The van der Waals surface area contributed by atoms with Crippen molar-refractivity contribution in [3.05, 3.63) is 0 Å². The number of sulfonamides is 1. The number of hydrogen-bond acceptors (Lipinski definition) is 3. The smallest absolute Gasteiger partial charge is 0.220 e. The van der Waals surface area contributed by atoms with Crippen LogP contribution in [0.1, 0.15) is 26.7 Å². The average molecular weight is 238 g/mol. The number of rotatable bonds is 6. The summed E-state index contributed by atoms with van der Waals surface area (Å²) >= 11 is 4.59. The van der Waals surface area contributed by atoms with Gasteiger partial charge in [-0.05, 0) is 12.8 Å². The molecular formula is C8H18N2O2S2. The predicted molar refractivity (Wildman–Crippen MR) is 62.7 cm³/mol. The molecule has 0 aliphatic carbocycles. The van der Waals surface area contributed by atoms with Crippen LogP contribution in [-0.4, -0.2) is 36.6 Å². The summed E-state index contributed by atoms with van der Waals surface area (Å²) in [7, 11) is -1.74. The Kier molecular flexibility index (Phi) is 5.54. The lowest BCUT2D eigenvalue weighted by molar-refractivity contribution is 0.351. The fraction of sp³-hybridized carbons (Fsp3) is 0.875. The molecule has 0 radical (unpaired) electrons. The molecule has 0 unspecified atom stereocenters. The molecule has 0 amide bonds. The van der Waals surface area contributed by atoms with E-state index in [0.29, 0.717) is 0 Å². The van der Waals surface area contributed by atoms with Gasteiger partial charge in [-0.25, -0.2) is 12.7 Å². The predicted octanol–water partition coefficient (Wildman–Crippen LogP) is 0.723. The van der Waals surface area contributed by atoms with Crippen LogP contribution in [0, 0.1) is 0 Å². The Hall–Kier alpha value is -0.200. The van der Waals surface area contributed by atoms with Gasteiger partial charge in [0.15, 0.2) is 0 Å². The minimum absolute atomic E-state index is 0.0165. The maximum Gasteiger partial charge on any atom is 0.220 e. The molecule has 0 atom stereocenters. The largest absolute Gasteiger partial charge is 0.392 e. The van der Waals surface area contributed by atoms with Crippen LogP contribution in [0.5, 0.6) is 0 Å². The molecule has 4 nitrogen and oxygen atoms in total. The highest BCUT2D eigenvalue weighted by Crippen LogP contribution is 2.11. The van der Waals surface area contributed by atoms with Gasteiger partial charge in [0.1, 0.15) is 5.75 Å². The van der Waals surface area contributed by atoms with Crippen molar-refractivity contribution in [2.75, 3.05) is 12.8 Å². The lowest BCUT2D eigenvalue weighted by Gasteiger charge is -2.25. The molecule has 0 heterocycles. The van der Waals surface area contributed by atoms with Gasteiger partial charge in [0.2, 0.25) is 10.0 Å². The van der Waals surface area contributed by atoms with E-state index in [0.717, 1.165) is 12.8 Å². The standard InChI is InChI=1S/C8H18N2O2S2/c1-4-7(5-2)10(3)14(11,12)6-8(9)13/h7H,4-6H2,1-3H3,(H2,9,13). The first-order valence-corrected chi connectivity index (χ1v) is 6.60. The van der Waals surface area contributed by atoms with Crippen molar-refractivity contribution in [2.24, 2.45) is 5.73 Å². The van der Waals surface area contributed by atoms with E-state index in [9.17, 15) is 8.42 Å². The van der Waals surface area contributed by atoms with E-state index in [4.69, 9.17) is 5.73 Å². The molecule has 0 aromatic carbocycles. The van der Waals surface area contributed by atoms with Crippen LogP contribution in [0.3, 0.4) is 0 Å². The van der Waals surface area contributed by atoms with Gasteiger partial charge in [0.05, 0.1) is 4.99 Å². The summed E-state index contributed by atoms with van der Waals surface area (Å²) in [6, 6.07) is 0.0364. The van der Waals surface area contributed by atoms with Gasteiger partial charge in [-0.3, -0.25) is 0 Å². The van der Waals surface area contributed by atoms with E-state index >= 15 is 0 Å². The molecule has 0 fully saturated rings. The summed E-state index contributed by atoms with van der Waals surface area (Å²) in [6.45, 7) is 3.92. The molecule has 0 rings (SSSR count). The molecule has 0 bridgehead atoms. The van der Waals surface area contributed by atoms with Crippen molar-refractivity contribution in [3.8, 4) is 0 Å². The highest BCUT2D eigenvalue weighted by Gasteiger charge is 2.24. The zero-order valence-electron chi connectivity index (χ0n) is 8.86. The summed E-state index contributed by atoms with van der Waals surface area (Å²) < 4.78 is 24.7. The third-order valence-electron chi connectivity index (χ3n) is 2.22. The molecular weight excluding hydrogens is 220 g/mol. The summed E-state index contributed by atoms with van der Waals surface area (Å²) in [5.41, 5.74) is 5.23. The molecule has 6 heteroatoms. The Morgan fingerprint density at radius 2 is 1.86 bits per heavy atom. The Morgan fingerprint density at radius 1 is 1.43 bits per heavy atom. The summed E-state index contributed by atoms with van der Waals surface area (Å²) in [5.74, 6) is -0.241. The molecule has 2 N–H and O–H groups in total. The monoisotopic (exact) mass is 238 g/mol. The third-order valence-corrected chi connectivity index (χ3v) is 4.40. The van der Waals surface area contributed by atoms with Crippen molar-refractivity contribution in [2.45, 2.75) is 32.7 Å². The van der Waals surface area contributed by atoms with E-state index in [1.807, 2.05) is 13.8 Å². The lowest BCUT2D eigenvalue weighted by Crippen LogP contribution is -2.40. The van der Waals surface area contributed by atoms with Crippen LogP contribution < -0.4 is 5.73 Å². The lowest BCUT2D eigenvalue weighted by atomic mass is 10.2. The second-order valence-corrected chi connectivity index (χ2v) is 5.76. The molecule has 84 valence electrons. The maximum absolute atomic E-state index is 11.7. The minimum atomic E-state index is -3.32. The van der Waals surface area contributed by atoms with E-state index < -0.39 is 10.0 Å². The van der Waals surface area contributed by atoms with Gasteiger partial charge in [-0.2, -0.15) is 0 Å². The van der Waals surface area contributed by atoms with E-state index in [-0.39, 0.29) is 16.8 Å². The first-order valence-electron chi connectivity index (χ1n) is 4.59. The van der Waals surface area contributed by atoms with E-state index in [1.165, 1.54) is 4.31 Å². The van der Waals surface area contributed by atoms with Crippen molar-refractivity contribution in [1.82, 2.24) is 4.31 Å². The minimum Gasteiger partial charge on any atom is -0.392 e. The Morgan fingerprint density at radius 3 is 2.14 bits per heavy atom. The van der Waals surface area contributed by atoms with Gasteiger partial charge >= 0.3 is 0 Å². The zero-order chi connectivity index (χ0) is 11.4. The van der Waals surface area contributed by atoms with Gasteiger partial charge in [-0.15, -0.1) is 0 Å². The molecule has 0 saturated carbocycles. The molecule has 0 aliphatic rings. The molecule has 0 aromatic heterocycles. The van der Waals surface area contributed by atoms with Crippen molar-refractivity contribution in [3.63, 3.8) is 0 Å². The first-order chi connectivity index (χ1) is 6.35. The fourth-order valence-electron chi connectivity index (χ4n) is 1.31. The highest BCUT2D eigenvalue weighted by atomic mass is 32.2. The van der Waals surface area contributed by atoms with Crippen LogP contribution in [0.25, 0.3) is 0 Å². The van der Waals surface area contributed by atoms with Crippen LogP contribution >= 0.6 is 12.2 Å².